The minimum absolute atomic E-state index is 0.0133. The summed E-state index contributed by atoms with van der Waals surface area (Å²) in [6.07, 6.45) is 9.87. The Kier molecular flexibility index (Phi) is 62.0. The number of carbonyl (C=O) groups excluding carboxylic acids is 6. The largest absolute Gasteiger partial charge is 0.384 e. The Bertz CT molecular complexity index is 3310. The van der Waals surface area contributed by atoms with E-state index in [1.807, 2.05) is 0 Å². The maximum absolute atomic E-state index is 15.2. The van der Waals surface area contributed by atoms with Crippen LogP contribution in [0.4, 0.5) is 0 Å². The molecule has 3 atom stereocenters. The van der Waals surface area contributed by atoms with E-state index >= 15 is 4.79 Å². The summed E-state index contributed by atoms with van der Waals surface area (Å²) in [6.45, 7) is 25.2. The van der Waals surface area contributed by atoms with Crippen molar-refractivity contribution < 1.29 is 148 Å². The molecule has 0 spiro atoms. The van der Waals surface area contributed by atoms with Crippen LogP contribution in [0.15, 0.2) is 42.6 Å². The number of fused-ring (bicyclic) bond motifs is 1. The number of carbonyl (C=O) groups is 6. The lowest BCUT2D eigenvalue weighted by molar-refractivity contribution is -0.145. The molecule has 38 nitrogen and oxygen atoms in total. The van der Waals surface area contributed by atoms with Crippen LogP contribution in [0.25, 0.3) is 10.8 Å². The molecule has 0 unspecified atom stereocenters. The maximum atomic E-state index is 15.2. The molecule has 127 heavy (non-hydrogen) atoms. The molecule has 3 aromatic rings. The number of hydrogen-bond donors (Lipinski definition) is 4. The normalized spacial score (nSPS) is 15.8. The number of ether oxygens (including phenoxy) is 24. The zero-order chi connectivity index (χ0) is 90.4. The highest BCUT2D eigenvalue weighted by Gasteiger charge is 2.49. The second-order valence-corrected chi connectivity index (χ2v) is 31.0. The van der Waals surface area contributed by atoms with Gasteiger partial charge < -0.3 is 140 Å². The van der Waals surface area contributed by atoms with Gasteiger partial charge in [0.05, 0.1) is 322 Å². The number of rotatable bonds is 85. The van der Waals surface area contributed by atoms with Gasteiger partial charge in [-0.2, -0.15) is 0 Å². The Balaban J connectivity index is 0.632. The third-order valence-corrected chi connectivity index (χ3v) is 20.8. The van der Waals surface area contributed by atoms with Crippen LogP contribution < -0.4 is 16.4 Å². The fourth-order valence-electron chi connectivity index (χ4n) is 14.1. The fraction of sp³-hybridized carbons (Fsp3) is 0.798. The molecule has 5 N–H and O–H groups in total. The molecule has 1 aromatic heterocycles. The van der Waals surface area contributed by atoms with Gasteiger partial charge in [0.25, 0.3) is 11.8 Å². The Hall–Kier alpha value is -5.94. The number of primary amides is 1. The van der Waals surface area contributed by atoms with E-state index < -0.39 is 58.7 Å². The number of methoxy groups -OCH3 is 1. The molecule has 1 aliphatic heterocycles. The smallest absolute Gasteiger partial charge is 0.287 e. The highest BCUT2D eigenvalue weighted by atomic mass is 16.6. The molecule has 726 valence electrons. The van der Waals surface area contributed by atoms with Gasteiger partial charge in [-0.15, -0.1) is 5.10 Å². The van der Waals surface area contributed by atoms with Gasteiger partial charge in [-0.1, -0.05) is 74.8 Å². The van der Waals surface area contributed by atoms with E-state index in [1.54, 1.807) is 57.4 Å². The van der Waals surface area contributed by atoms with E-state index in [4.69, 9.17) is 119 Å². The van der Waals surface area contributed by atoms with E-state index in [2.05, 4.69) is 20.9 Å². The number of aliphatic hydroxyl groups is 1. The summed E-state index contributed by atoms with van der Waals surface area (Å²) in [5.41, 5.74) is 3.88. The molecule has 3 aliphatic rings. The summed E-state index contributed by atoms with van der Waals surface area (Å²) >= 11 is 0. The summed E-state index contributed by atoms with van der Waals surface area (Å²) in [6, 6.07) is 7.71. The minimum Gasteiger partial charge on any atom is -0.384 e. The Morgan fingerprint density at radius 1 is 0.449 bits per heavy atom. The lowest BCUT2D eigenvalue weighted by Gasteiger charge is -2.38. The highest BCUT2D eigenvalue weighted by molar-refractivity contribution is 6.39. The number of benzene rings is 2. The number of amides is 4. The Morgan fingerprint density at radius 3 is 1.11 bits per heavy atom. The van der Waals surface area contributed by atoms with Crippen LogP contribution in [0, 0.1) is 5.92 Å². The van der Waals surface area contributed by atoms with Gasteiger partial charge >= 0.3 is 0 Å². The molecule has 2 saturated carbocycles. The third kappa shape index (κ3) is 49.9. The lowest BCUT2D eigenvalue weighted by Crippen LogP contribution is -2.62. The summed E-state index contributed by atoms with van der Waals surface area (Å²) < 4.78 is 134. The van der Waals surface area contributed by atoms with Crippen molar-refractivity contribution in [2.75, 3.05) is 324 Å². The van der Waals surface area contributed by atoms with Crippen molar-refractivity contribution in [3.63, 3.8) is 0 Å². The van der Waals surface area contributed by atoms with Crippen molar-refractivity contribution >= 4 is 46.0 Å². The Morgan fingerprint density at radius 2 is 0.772 bits per heavy atom. The molecular formula is C89H149N7O31. The Labute approximate surface area is 749 Å². The molecule has 2 aromatic carbocycles. The molecule has 3 fully saturated rings. The van der Waals surface area contributed by atoms with Crippen molar-refractivity contribution in [1.82, 2.24) is 30.5 Å². The van der Waals surface area contributed by atoms with E-state index in [9.17, 15) is 29.1 Å². The fourth-order valence-corrected chi connectivity index (χ4v) is 14.1. The van der Waals surface area contributed by atoms with E-state index in [1.165, 1.54) is 15.8 Å². The summed E-state index contributed by atoms with van der Waals surface area (Å²) in [4.78, 5) is 84.8. The zero-order valence-corrected chi connectivity index (χ0v) is 75.8. The van der Waals surface area contributed by atoms with Crippen molar-refractivity contribution in [2.24, 2.45) is 11.7 Å². The second-order valence-electron chi connectivity index (χ2n) is 31.0. The number of nitrogens with two attached hydrogens (primary N) is 1. The van der Waals surface area contributed by atoms with Crippen LogP contribution in [0.5, 0.6) is 0 Å². The number of ketones is 2. The molecule has 1 saturated heterocycles. The first-order valence-electron chi connectivity index (χ1n) is 45.5. The average Bonchev–Trinajstić information content (AvgIpc) is 1.64. The number of aromatic nitrogens is 3. The quantitative estimate of drug-likeness (QED) is 0.0345. The topological polar surface area (TPSA) is 428 Å². The first-order valence-corrected chi connectivity index (χ1v) is 45.5. The van der Waals surface area contributed by atoms with Crippen molar-refractivity contribution in [3.05, 3.63) is 59.4 Å². The maximum Gasteiger partial charge on any atom is 0.287 e. The van der Waals surface area contributed by atoms with E-state index in [0.717, 1.165) is 49.3 Å². The number of likely N-dealkylation sites (tertiary alicyclic amines) is 1. The van der Waals surface area contributed by atoms with Crippen LogP contribution in [-0.4, -0.2) is 402 Å². The van der Waals surface area contributed by atoms with Gasteiger partial charge in [-0.05, 0) is 74.4 Å². The van der Waals surface area contributed by atoms with E-state index in [0.29, 0.717) is 353 Å². The third-order valence-electron chi connectivity index (χ3n) is 20.8. The minimum atomic E-state index is -1.51. The molecule has 0 radical (unpaired) electrons. The standard InChI is InChI=1S/C89H149N7O31/c1-88(2,103)82-71-91-94-96(82)78-70-80(86(101)93-89(83(98)84(90)99)18-8-5-9-19-89)95(72-78)87(102)79(67-73-11-6-4-7-12-73)92-85(100)77-17-15-74-68-76(16-14-75(74)69-77)81(97)13-10-20-105-23-24-107-27-28-109-31-32-111-35-36-113-39-40-115-43-44-117-47-48-119-51-52-121-55-56-123-59-60-125-63-64-127-66-65-126-62-61-124-58-57-122-54-53-120-50-49-118-46-45-116-42-41-114-38-37-112-34-33-110-30-29-108-26-25-106-22-21-104-3/h14-17,68-69,71,73,78-80,103H,4-13,18-67,70,72H2,1-3H3,(H2,90,99)(H,92,100)(H,93,101)/t78-,79+,80-/m0/s1. The number of Topliss-reactive ketones (excluding diaryl/α,β-unsaturated/α-hetero) is 2. The van der Waals surface area contributed by atoms with E-state index in [-0.39, 0.29) is 43.9 Å². The average molecular weight is 1810 g/mol. The van der Waals surface area contributed by atoms with Gasteiger partial charge in [0.2, 0.25) is 17.6 Å². The van der Waals surface area contributed by atoms with Gasteiger partial charge in [0.15, 0.2) is 5.78 Å². The first kappa shape index (κ1) is 110. The second kappa shape index (κ2) is 71.7. The predicted octanol–water partition coefficient (Wildman–Crippen LogP) is 4.43. The monoisotopic (exact) mass is 1810 g/mol. The van der Waals surface area contributed by atoms with Crippen molar-refractivity contribution in [3.8, 4) is 0 Å². The summed E-state index contributed by atoms with van der Waals surface area (Å²) in [5.74, 6) is -3.53. The van der Waals surface area contributed by atoms with Crippen LogP contribution in [0.3, 0.4) is 0 Å². The number of hydrogen-bond acceptors (Lipinski definition) is 33. The van der Waals surface area contributed by atoms with Crippen LogP contribution in [0.1, 0.15) is 136 Å². The van der Waals surface area contributed by atoms with Gasteiger partial charge in [-0.3, -0.25) is 28.8 Å². The number of nitrogens with one attached hydrogen (secondary N) is 2. The first-order chi connectivity index (χ1) is 62.2. The predicted molar refractivity (Wildman–Crippen MR) is 463 cm³/mol. The molecule has 0 bridgehead atoms. The SMILES string of the molecule is COCCOCCOCCOCCOCCOCCOCCOCCOCCOCCOCCOCCOCCOCCOCCOCCOCCOCCOCCOCCOCCOCCOCCOCCCC(=O)c1ccc2cc(C(=O)N[C@H](CC3CCCCC3)C(=O)N3C[C@@H](n4nncc4C(C)(C)O)C[C@H]3C(=O)NC3(C(=O)C(N)=O)CCCCC3)ccc2c1. The van der Waals surface area contributed by atoms with Gasteiger partial charge in [0, 0.05) is 44.2 Å². The van der Waals surface area contributed by atoms with Crippen molar-refractivity contribution in [1.29, 1.82) is 0 Å². The molecular weight excluding hydrogens is 1660 g/mol. The zero-order valence-electron chi connectivity index (χ0n) is 75.8. The van der Waals surface area contributed by atoms with Crippen LogP contribution in [0.2, 0.25) is 0 Å². The highest BCUT2D eigenvalue weighted by Crippen LogP contribution is 2.36. The molecule has 2 aliphatic carbocycles. The molecule has 38 heteroatoms. The molecule has 6 rings (SSSR count). The van der Waals surface area contributed by atoms with Gasteiger partial charge in [-0.25, -0.2) is 4.68 Å². The molecule has 4 amide bonds. The van der Waals surface area contributed by atoms with Crippen LogP contribution >= 0.6 is 0 Å². The summed E-state index contributed by atoms with van der Waals surface area (Å²) in [7, 11) is 1.64. The summed E-state index contributed by atoms with van der Waals surface area (Å²) in [5, 5.41) is 26.8. The lowest BCUT2D eigenvalue weighted by atomic mass is 9.78. The van der Waals surface area contributed by atoms with Gasteiger partial charge in [0.1, 0.15) is 23.2 Å². The van der Waals surface area contributed by atoms with Crippen LogP contribution in [-0.2, 0) is 138 Å². The van der Waals surface area contributed by atoms with Crippen molar-refractivity contribution in [2.45, 2.75) is 133 Å². The molecule has 2 heterocycles. The number of nitrogens with zero attached hydrogens (tertiary/aromatic N) is 4.